The van der Waals surface area contributed by atoms with Gasteiger partial charge in [0.1, 0.15) is 6.04 Å². The zero-order chi connectivity index (χ0) is 62.3. The van der Waals surface area contributed by atoms with Gasteiger partial charge in [0.2, 0.25) is 23.6 Å². The van der Waals surface area contributed by atoms with E-state index in [1.165, 1.54) is 0 Å². The predicted molar refractivity (Wildman–Crippen MR) is 321 cm³/mol. The molecule has 6 rings (SSSR count). The lowest BCUT2D eigenvalue weighted by Crippen LogP contribution is -2.67. The summed E-state index contributed by atoms with van der Waals surface area (Å²) in [7, 11) is -0.869. The summed E-state index contributed by atoms with van der Waals surface area (Å²) in [6.45, 7) is 30.9. The van der Waals surface area contributed by atoms with Crippen molar-refractivity contribution in [3.05, 3.63) is 12.2 Å². The molecule has 0 aromatic rings. The second-order valence-electron chi connectivity index (χ2n) is 29.1. The third kappa shape index (κ3) is 14.1. The van der Waals surface area contributed by atoms with Crippen molar-refractivity contribution in [1.82, 2.24) is 25.3 Å². The van der Waals surface area contributed by atoms with Gasteiger partial charge in [-0.2, -0.15) is 0 Å². The smallest absolute Gasteiger partial charge is 0.379 e. The number of carbonyl (C=O) groups excluding carboxylic acids is 4. The van der Waals surface area contributed by atoms with Gasteiger partial charge in [0.05, 0.1) is 55.4 Å². The molecule has 19 nitrogen and oxygen atoms in total. The third-order valence-corrected chi connectivity index (χ3v) is 24.5. The standard InChI is InChI=1S/C62H111N5O14P2/c1-19-39(6)53(66(16)57(71)51(37(2)3)64-56(70)52(38(4)5)65(14)15)45(78-17)35-49(68)67-34-20-21-44(67)54(79-18)41(8)55(69)63-33-27-40(7)42-24-30-62(36-80-82(72,73)74)32-31-60(12)43(50(42)62)22-23-47-59(11)28-26-48(81-83(75,76)77)58(9,10)46(59)25-29-61(47,60)13/h37-39,41-48,50-54H,7,19-36H2,1-6,8-18H3,(H,63,69)(H,64,70)(H2,72,73,74)(H2,75,76,77)/t39-,41+,42-,43?,44?,45+,46-,47?,48-,50+,51-,52-,53-,54+,59-,60+,61+,62+/m0/s1. The monoisotopic (exact) mass is 1210 g/mol. The minimum absolute atomic E-state index is 0.000570. The van der Waals surface area contributed by atoms with E-state index < -0.39 is 68.8 Å². The highest BCUT2D eigenvalue weighted by atomic mass is 31.2. The van der Waals surface area contributed by atoms with E-state index in [2.05, 4.69) is 45.3 Å². The van der Waals surface area contributed by atoms with Crippen molar-refractivity contribution in [2.24, 2.45) is 80.3 Å². The van der Waals surface area contributed by atoms with Gasteiger partial charge in [0.25, 0.3) is 0 Å². The average Bonchev–Trinajstić information content (AvgIpc) is 1.53. The number of likely N-dealkylation sites (N-methyl/N-ethyl adjacent to an activating group) is 2. The molecule has 1 saturated heterocycles. The van der Waals surface area contributed by atoms with E-state index >= 15 is 0 Å². The van der Waals surface area contributed by atoms with Gasteiger partial charge in [0, 0.05) is 34.4 Å². The number of likely N-dealkylation sites (tertiary alicyclic amines) is 1. The van der Waals surface area contributed by atoms with Crippen molar-refractivity contribution in [3.8, 4) is 0 Å². The minimum Gasteiger partial charge on any atom is -0.379 e. The van der Waals surface area contributed by atoms with Gasteiger partial charge >= 0.3 is 15.6 Å². The van der Waals surface area contributed by atoms with Gasteiger partial charge in [-0.05, 0) is 172 Å². The molecule has 1 aliphatic heterocycles. The Morgan fingerprint density at radius 3 is 2.00 bits per heavy atom. The highest BCUT2D eigenvalue weighted by molar-refractivity contribution is 7.46. The summed E-state index contributed by atoms with van der Waals surface area (Å²) in [5, 5.41) is 6.26. The third-order valence-electron chi connectivity index (χ3n) is 23.5. The van der Waals surface area contributed by atoms with E-state index in [1.54, 1.807) is 26.2 Å². The molecule has 5 saturated carbocycles. The normalized spacial score (nSPS) is 34.1. The first-order valence-corrected chi connectivity index (χ1v) is 34.5. The van der Waals surface area contributed by atoms with E-state index in [9.17, 15) is 47.9 Å². The van der Waals surface area contributed by atoms with E-state index in [0.29, 0.717) is 44.7 Å². The zero-order valence-electron chi connectivity index (χ0n) is 53.8. The van der Waals surface area contributed by atoms with Crippen LogP contribution in [0.15, 0.2) is 12.2 Å². The SMILES string of the molecule is C=C(CCNC(=O)[C@H](C)[C@@H](OC)C1CCCN1C(=O)C[C@@H](OC)[C@H]([C@@H](C)CC)N(C)C(=O)[C@@H](NC(=O)[C@H](C(C)C)N(C)C)C(C)C)[C@@H]1CC[C@]2(COP(=O)(O)O)CC[C@]3(C)C(CCC4[C@@]5(C)CC[C@H](OP(=O)(O)O)C(C)(C)[C@@H]5CC[C@]43C)[C@@H]12. The highest BCUT2D eigenvalue weighted by Crippen LogP contribution is 2.78. The van der Waals surface area contributed by atoms with Crippen molar-refractivity contribution >= 4 is 39.3 Å². The molecule has 6 aliphatic rings. The summed E-state index contributed by atoms with van der Waals surface area (Å²) < 4.78 is 47.8. The summed E-state index contributed by atoms with van der Waals surface area (Å²) in [6.07, 6.45) is 9.21. The zero-order valence-corrected chi connectivity index (χ0v) is 55.6. The first-order chi connectivity index (χ1) is 38.4. The number of ether oxygens (including phenoxy) is 2. The van der Waals surface area contributed by atoms with Crippen LogP contribution in [0, 0.1) is 80.3 Å². The quantitative estimate of drug-likeness (QED) is 0.0348. The fraction of sp³-hybridized carbons (Fsp3) is 0.903. The number of phosphoric ester groups is 2. The molecular weight excluding hydrogens is 1100 g/mol. The Morgan fingerprint density at radius 1 is 0.771 bits per heavy atom. The molecule has 0 aromatic carbocycles. The van der Waals surface area contributed by atoms with Gasteiger partial charge in [-0.1, -0.05) is 102 Å². The van der Waals surface area contributed by atoms with Crippen molar-refractivity contribution in [3.63, 3.8) is 0 Å². The second-order valence-corrected chi connectivity index (χ2v) is 31.5. The Labute approximate surface area is 498 Å². The Kier molecular flexibility index (Phi) is 22.6. The lowest BCUT2D eigenvalue weighted by molar-refractivity contribution is -0.248. The van der Waals surface area contributed by atoms with Crippen LogP contribution in [0.4, 0.5) is 0 Å². The molecule has 21 heteroatoms. The van der Waals surface area contributed by atoms with Gasteiger partial charge in [-0.3, -0.25) is 33.1 Å². The van der Waals surface area contributed by atoms with Crippen LogP contribution in [0.1, 0.15) is 179 Å². The largest absolute Gasteiger partial charge is 0.469 e. The number of hydrogen-bond acceptors (Lipinski definition) is 11. The van der Waals surface area contributed by atoms with E-state index in [1.807, 2.05) is 72.4 Å². The predicted octanol–water partition coefficient (Wildman–Crippen LogP) is 9.36. The molecule has 6 fully saturated rings. The number of nitrogens with one attached hydrogen (secondary N) is 2. The topological polar surface area (TPSA) is 254 Å². The van der Waals surface area contributed by atoms with Crippen LogP contribution in [-0.4, -0.2) is 155 Å². The Balaban J connectivity index is 1.13. The van der Waals surface area contributed by atoms with Crippen LogP contribution < -0.4 is 10.6 Å². The molecule has 18 atom stereocenters. The Bertz CT molecular complexity index is 2390. The first-order valence-electron chi connectivity index (χ1n) is 31.4. The van der Waals surface area contributed by atoms with Crippen LogP contribution in [0.25, 0.3) is 0 Å². The Hall–Kier alpha value is -2.28. The van der Waals surface area contributed by atoms with E-state index in [0.717, 1.165) is 69.8 Å². The second kappa shape index (κ2) is 26.8. The lowest BCUT2D eigenvalue weighted by atomic mass is 9.32. The number of carbonyl (C=O) groups is 4. The summed E-state index contributed by atoms with van der Waals surface area (Å²) in [6, 6.07) is -2.09. The van der Waals surface area contributed by atoms with Gasteiger partial charge in [0.15, 0.2) is 0 Å². The summed E-state index contributed by atoms with van der Waals surface area (Å²) in [5.74, 6) is -0.783. The van der Waals surface area contributed by atoms with Crippen LogP contribution in [0.3, 0.4) is 0 Å². The molecule has 3 unspecified atom stereocenters. The molecule has 83 heavy (non-hydrogen) atoms. The number of fused-ring (bicyclic) bond motifs is 7. The molecule has 6 N–H and O–H groups in total. The molecule has 0 bridgehead atoms. The highest BCUT2D eigenvalue weighted by Gasteiger charge is 2.71. The summed E-state index contributed by atoms with van der Waals surface area (Å²) in [4.78, 5) is 102. The molecular formula is C62H111N5O14P2. The van der Waals surface area contributed by atoms with Gasteiger partial charge in [-0.15, -0.1) is 0 Å². The maximum Gasteiger partial charge on any atom is 0.469 e. The average molecular weight is 1210 g/mol. The fourth-order valence-corrected chi connectivity index (χ4v) is 20.2. The van der Waals surface area contributed by atoms with Crippen molar-refractivity contribution in [2.75, 3.05) is 55.1 Å². The Morgan fingerprint density at radius 2 is 1.43 bits per heavy atom. The number of amides is 4. The molecule has 5 aliphatic carbocycles. The van der Waals surface area contributed by atoms with Crippen LogP contribution in [0.2, 0.25) is 0 Å². The summed E-state index contributed by atoms with van der Waals surface area (Å²) >= 11 is 0. The van der Waals surface area contributed by atoms with Crippen LogP contribution in [0.5, 0.6) is 0 Å². The number of nitrogens with zero attached hydrogens (tertiary/aromatic N) is 3. The number of phosphoric acid groups is 2. The van der Waals surface area contributed by atoms with E-state index in [4.69, 9.17) is 25.1 Å². The molecule has 0 radical (unpaired) electrons. The number of hydrogen-bond donors (Lipinski definition) is 6. The van der Waals surface area contributed by atoms with Gasteiger partial charge < -0.3 is 49.5 Å². The van der Waals surface area contributed by atoms with Crippen molar-refractivity contribution in [2.45, 2.75) is 222 Å². The lowest BCUT2D eigenvalue weighted by Gasteiger charge is -2.73. The maximum atomic E-state index is 14.6. The van der Waals surface area contributed by atoms with Crippen molar-refractivity contribution < 1.29 is 66.4 Å². The van der Waals surface area contributed by atoms with Crippen LogP contribution in [-0.2, 0) is 46.8 Å². The van der Waals surface area contributed by atoms with Crippen molar-refractivity contribution in [1.29, 1.82) is 0 Å². The molecule has 1 heterocycles. The fourth-order valence-electron chi connectivity index (χ4n) is 19.1. The number of methoxy groups -OCH3 is 2. The molecule has 4 amide bonds. The van der Waals surface area contributed by atoms with Gasteiger partial charge in [-0.25, -0.2) is 9.13 Å². The first kappa shape index (κ1) is 69.8. The minimum atomic E-state index is -4.78. The summed E-state index contributed by atoms with van der Waals surface area (Å²) in [5.41, 5.74) is -0.150. The number of rotatable bonds is 26. The molecule has 0 aromatic heterocycles. The van der Waals surface area contributed by atoms with E-state index in [-0.39, 0.29) is 100 Å². The molecule has 478 valence electrons. The van der Waals surface area contributed by atoms with Crippen LogP contribution >= 0.6 is 15.6 Å². The maximum absolute atomic E-state index is 14.6. The molecule has 0 spiro atoms.